The summed E-state index contributed by atoms with van der Waals surface area (Å²) in [6.07, 6.45) is 0.330. The molecule has 2 N–H and O–H groups in total. The van der Waals surface area contributed by atoms with Crippen LogP contribution < -0.4 is 10.6 Å². The molecular formula is C29H26FN5O3S. The standard InChI is InChI=1S/C29H26FN5O3S/c30-21-12-10-20(11-13-21)17-31-25(36)15-14-24-28(38)35-27(33-24)22-8-4-5-9-23(22)34-29(35)39-18-26(37)32-16-19-6-2-1-3-7-19/h1-13,24H,14-18H2,(H,31,36)(H,32,37)/t24-/m1/s1. The second kappa shape index (κ2) is 12.0. The molecule has 3 aromatic carbocycles. The fraction of sp³-hybridized carbons (Fsp3) is 0.207. The Balaban J connectivity index is 1.21. The number of nitrogens with zero attached hydrogens (tertiary/aromatic N) is 3. The molecule has 5 rings (SSSR count). The van der Waals surface area contributed by atoms with Gasteiger partial charge in [0.1, 0.15) is 17.7 Å². The van der Waals surface area contributed by atoms with Gasteiger partial charge in [-0.25, -0.2) is 14.3 Å². The van der Waals surface area contributed by atoms with Gasteiger partial charge in [-0.2, -0.15) is 0 Å². The second-order valence-electron chi connectivity index (χ2n) is 9.05. The number of hydrogen-bond acceptors (Lipinski definition) is 6. The summed E-state index contributed by atoms with van der Waals surface area (Å²) >= 11 is 1.17. The minimum Gasteiger partial charge on any atom is -0.352 e. The molecule has 2 heterocycles. The van der Waals surface area contributed by atoms with E-state index in [1.54, 1.807) is 12.1 Å². The molecule has 0 aromatic heterocycles. The molecule has 0 fully saturated rings. The summed E-state index contributed by atoms with van der Waals surface area (Å²) in [4.78, 5) is 49.1. The molecule has 39 heavy (non-hydrogen) atoms. The van der Waals surface area contributed by atoms with Gasteiger partial charge in [0.15, 0.2) is 5.17 Å². The van der Waals surface area contributed by atoms with E-state index in [4.69, 9.17) is 0 Å². The van der Waals surface area contributed by atoms with E-state index in [-0.39, 0.29) is 48.7 Å². The first-order chi connectivity index (χ1) is 19.0. The van der Waals surface area contributed by atoms with Gasteiger partial charge in [-0.05, 0) is 41.8 Å². The molecule has 2 aliphatic rings. The lowest BCUT2D eigenvalue weighted by Crippen LogP contribution is -2.41. The summed E-state index contributed by atoms with van der Waals surface area (Å²) in [6, 6.07) is 22.2. The number of fused-ring (bicyclic) bond motifs is 3. The number of para-hydroxylation sites is 1. The third-order valence-electron chi connectivity index (χ3n) is 6.26. The Labute approximate surface area is 229 Å². The van der Waals surface area contributed by atoms with Gasteiger partial charge >= 0.3 is 0 Å². The second-order valence-corrected chi connectivity index (χ2v) is 9.99. The van der Waals surface area contributed by atoms with Gasteiger partial charge in [0, 0.05) is 25.1 Å². The van der Waals surface area contributed by atoms with Gasteiger partial charge < -0.3 is 10.6 Å². The number of nitrogens with one attached hydrogen (secondary N) is 2. The van der Waals surface area contributed by atoms with Crippen LogP contribution in [0.25, 0.3) is 0 Å². The van der Waals surface area contributed by atoms with Crippen LogP contribution in [0.5, 0.6) is 0 Å². The minimum absolute atomic E-state index is 0.0847. The predicted octanol–water partition coefficient (Wildman–Crippen LogP) is 3.93. The number of amides is 3. The van der Waals surface area contributed by atoms with Crippen molar-refractivity contribution in [1.82, 2.24) is 15.5 Å². The maximum absolute atomic E-state index is 13.4. The topological polar surface area (TPSA) is 103 Å². The van der Waals surface area contributed by atoms with Gasteiger partial charge in [0.2, 0.25) is 11.8 Å². The molecule has 10 heteroatoms. The molecule has 0 bridgehead atoms. The van der Waals surface area contributed by atoms with Gasteiger partial charge in [-0.3, -0.25) is 19.4 Å². The molecular weight excluding hydrogens is 517 g/mol. The van der Waals surface area contributed by atoms with Crippen molar-refractivity contribution in [3.05, 3.63) is 101 Å². The summed E-state index contributed by atoms with van der Waals surface area (Å²) in [5, 5.41) is 6.06. The molecule has 8 nitrogen and oxygen atoms in total. The van der Waals surface area contributed by atoms with Crippen LogP contribution in [0.2, 0.25) is 0 Å². The fourth-order valence-electron chi connectivity index (χ4n) is 4.22. The number of rotatable bonds is 9. The first-order valence-electron chi connectivity index (χ1n) is 12.5. The Morgan fingerprint density at radius 1 is 0.872 bits per heavy atom. The van der Waals surface area contributed by atoms with Crippen molar-refractivity contribution in [1.29, 1.82) is 0 Å². The summed E-state index contributed by atoms with van der Waals surface area (Å²) in [5.41, 5.74) is 3.17. The number of benzene rings is 3. The zero-order chi connectivity index (χ0) is 27.2. The van der Waals surface area contributed by atoms with Gasteiger partial charge in [-0.1, -0.05) is 66.4 Å². The summed E-state index contributed by atoms with van der Waals surface area (Å²) < 4.78 is 13.1. The molecule has 0 spiro atoms. The van der Waals surface area contributed by atoms with Crippen molar-refractivity contribution in [2.75, 3.05) is 5.75 Å². The van der Waals surface area contributed by atoms with Gasteiger partial charge in [0.05, 0.1) is 11.4 Å². The fourth-order valence-corrected chi connectivity index (χ4v) is 5.05. The Kier molecular flexibility index (Phi) is 8.12. The Morgan fingerprint density at radius 2 is 1.54 bits per heavy atom. The number of thioether (sulfide) groups is 1. The van der Waals surface area contributed by atoms with Crippen molar-refractivity contribution in [3.63, 3.8) is 0 Å². The van der Waals surface area contributed by atoms with E-state index in [1.165, 1.54) is 28.8 Å². The highest BCUT2D eigenvalue weighted by atomic mass is 32.2. The molecule has 0 saturated carbocycles. The van der Waals surface area contributed by atoms with E-state index in [9.17, 15) is 18.8 Å². The molecule has 1 atom stereocenters. The zero-order valence-electron chi connectivity index (χ0n) is 21.0. The first kappa shape index (κ1) is 26.3. The van der Waals surface area contributed by atoms with E-state index >= 15 is 0 Å². The van der Waals surface area contributed by atoms with Crippen molar-refractivity contribution in [3.8, 4) is 0 Å². The van der Waals surface area contributed by atoms with Crippen molar-refractivity contribution in [2.24, 2.45) is 9.98 Å². The number of aliphatic imine (C=N–C) groups is 2. The molecule has 0 aliphatic carbocycles. The minimum atomic E-state index is -0.736. The number of carbonyl (C=O) groups excluding carboxylic acids is 3. The summed E-state index contributed by atoms with van der Waals surface area (Å²) in [7, 11) is 0. The number of hydrogen-bond donors (Lipinski definition) is 2. The Hall–Kier alpha value is -4.31. The average Bonchev–Trinajstić information content (AvgIpc) is 3.30. The molecule has 3 amide bonds. The Bertz CT molecular complexity index is 1440. The molecule has 0 unspecified atom stereocenters. The average molecular weight is 544 g/mol. The van der Waals surface area contributed by atoms with E-state index < -0.39 is 6.04 Å². The van der Waals surface area contributed by atoms with Crippen LogP contribution in [-0.4, -0.2) is 45.4 Å². The van der Waals surface area contributed by atoms with Crippen molar-refractivity contribution in [2.45, 2.75) is 32.0 Å². The lowest BCUT2D eigenvalue weighted by molar-refractivity contribution is -0.125. The van der Waals surface area contributed by atoms with Crippen molar-refractivity contribution >= 4 is 46.2 Å². The highest BCUT2D eigenvalue weighted by Crippen LogP contribution is 2.34. The van der Waals surface area contributed by atoms with E-state index in [0.717, 1.165) is 16.7 Å². The largest absolute Gasteiger partial charge is 0.352 e. The third-order valence-corrected chi connectivity index (χ3v) is 7.20. The molecule has 2 aliphatic heterocycles. The maximum Gasteiger partial charge on any atom is 0.259 e. The molecule has 0 saturated heterocycles. The van der Waals surface area contributed by atoms with Crippen LogP contribution in [0.4, 0.5) is 10.1 Å². The molecule has 0 radical (unpaired) electrons. The maximum atomic E-state index is 13.4. The summed E-state index contributed by atoms with van der Waals surface area (Å²) in [5.74, 6) is -0.450. The molecule has 198 valence electrons. The smallest absolute Gasteiger partial charge is 0.259 e. The lowest BCUT2D eigenvalue weighted by atomic mass is 10.1. The first-order valence-corrected chi connectivity index (χ1v) is 13.5. The number of halogens is 1. The van der Waals surface area contributed by atoms with Crippen LogP contribution in [0, 0.1) is 5.82 Å². The number of amidine groups is 2. The predicted molar refractivity (Wildman–Crippen MR) is 149 cm³/mol. The van der Waals surface area contributed by atoms with Gasteiger partial charge in [-0.15, -0.1) is 0 Å². The monoisotopic (exact) mass is 543 g/mol. The lowest BCUT2D eigenvalue weighted by Gasteiger charge is -2.25. The van der Waals surface area contributed by atoms with Crippen molar-refractivity contribution < 1.29 is 18.8 Å². The summed E-state index contributed by atoms with van der Waals surface area (Å²) in [6.45, 7) is 0.682. The van der Waals surface area contributed by atoms with Crippen LogP contribution in [-0.2, 0) is 27.5 Å². The Morgan fingerprint density at radius 3 is 2.31 bits per heavy atom. The van der Waals surface area contributed by atoms with E-state index in [2.05, 4.69) is 20.6 Å². The normalized spacial score (nSPS) is 15.7. The van der Waals surface area contributed by atoms with E-state index in [0.29, 0.717) is 23.2 Å². The van der Waals surface area contributed by atoms with E-state index in [1.807, 2.05) is 54.6 Å². The zero-order valence-corrected chi connectivity index (χ0v) is 21.8. The number of carbonyl (C=O) groups is 3. The molecule has 3 aromatic rings. The van der Waals surface area contributed by atoms with Crippen LogP contribution in [0.3, 0.4) is 0 Å². The third kappa shape index (κ3) is 6.40. The highest BCUT2D eigenvalue weighted by molar-refractivity contribution is 8.14. The SMILES string of the molecule is O=C(CC[C@H]1N=C2c3ccccc3N=C(SCC(=O)NCc3ccccc3)N2C1=O)NCc1ccc(F)cc1. The van der Waals surface area contributed by atoms with Crippen LogP contribution in [0.15, 0.2) is 88.8 Å². The van der Waals surface area contributed by atoms with Crippen LogP contribution >= 0.6 is 11.8 Å². The van der Waals surface area contributed by atoms with Crippen LogP contribution in [0.1, 0.15) is 29.5 Å². The highest BCUT2D eigenvalue weighted by Gasteiger charge is 2.41. The van der Waals surface area contributed by atoms with Gasteiger partial charge in [0.25, 0.3) is 5.91 Å². The quantitative estimate of drug-likeness (QED) is 0.427.